The Kier molecular flexibility index (Phi) is 29.5. The summed E-state index contributed by atoms with van der Waals surface area (Å²) in [5.41, 5.74) is -0.535. The fourth-order valence-electron chi connectivity index (χ4n) is 5.22. The molecule has 0 saturated heterocycles. The summed E-state index contributed by atoms with van der Waals surface area (Å²) in [4.78, 5) is 84.4. The number of carbonyl (C=O) groups is 7. The lowest BCUT2D eigenvalue weighted by atomic mass is 9.95. The van der Waals surface area contributed by atoms with Crippen LogP contribution in [-0.2, 0) is 73.1 Å². The third-order valence-corrected chi connectivity index (χ3v) is 8.00. The van der Waals surface area contributed by atoms with Crippen LogP contribution in [0.15, 0.2) is 18.2 Å². The minimum absolute atomic E-state index is 0.0192. The van der Waals surface area contributed by atoms with E-state index in [0.717, 1.165) is 0 Å². The number of ether oxygens (including phenoxy) is 9. The Bertz CT molecular complexity index is 1730. The van der Waals surface area contributed by atoms with Crippen LogP contribution in [0.25, 0.3) is 0 Å². The number of carbonyl (C=O) groups excluding carboxylic acids is 6. The average molecular weight is 939 g/mol. The maximum Gasteiger partial charge on any atom is 0.407 e. The van der Waals surface area contributed by atoms with Crippen molar-refractivity contribution < 1.29 is 81.3 Å². The molecular formula is C45H70N4O17. The number of amides is 4. The van der Waals surface area contributed by atoms with Crippen LogP contribution in [0.5, 0.6) is 5.75 Å². The third kappa shape index (κ3) is 33.2. The van der Waals surface area contributed by atoms with Crippen LogP contribution in [-0.4, -0.2) is 156 Å². The Labute approximate surface area is 387 Å². The van der Waals surface area contributed by atoms with Gasteiger partial charge in [0.05, 0.1) is 104 Å². The molecule has 0 saturated carbocycles. The van der Waals surface area contributed by atoms with Crippen LogP contribution in [0.2, 0.25) is 0 Å². The number of carboxylic acids is 1. The van der Waals surface area contributed by atoms with Crippen molar-refractivity contribution in [2.24, 2.45) is 5.92 Å². The summed E-state index contributed by atoms with van der Waals surface area (Å²) in [6.45, 7) is 16.6. The number of esters is 2. The molecule has 21 heteroatoms. The largest absolute Gasteiger partial charge is 0.481 e. The van der Waals surface area contributed by atoms with Gasteiger partial charge in [-0.05, 0) is 72.1 Å². The molecule has 0 heterocycles. The highest BCUT2D eigenvalue weighted by Crippen LogP contribution is 2.28. The number of alkyl carbamates (subject to hydrolysis) is 1. The van der Waals surface area contributed by atoms with Crippen LogP contribution in [0.4, 0.5) is 10.5 Å². The predicted octanol–water partition coefficient (Wildman–Crippen LogP) is 2.55. The number of hydrogen-bond acceptors (Lipinski definition) is 16. The highest BCUT2D eigenvalue weighted by Gasteiger charge is 2.27. The summed E-state index contributed by atoms with van der Waals surface area (Å²) in [5.74, 6) is 0.328. The molecule has 1 aromatic rings. The SMILES string of the molecule is CC(=O)Oc1ccc(C[C@@H](CC(C)C(=O)OC(C)(C)C)NC(=O)OC(C)(C)C)cc1NC(=O)CCOCCOCCOCCNC(=O)C#CC(=O)NCCOCCOCCOCCC(=O)O. The number of hydrogen-bond donors (Lipinski definition) is 5. The summed E-state index contributed by atoms with van der Waals surface area (Å²) >= 11 is 0. The molecule has 0 spiro atoms. The summed E-state index contributed by atoms with van der Waals surface area (Å²) in [6, 6.07) is 4.31. The summed E-state index contributed by atoms with van der Waals surface area (Å²) in [6.07, 6.45) is -0.262. The number of carboxylic acid groups (broad SMARTS) is 1. The van der Waals surface area contributed by atoms with E-state index in [2.05, 4.69) is 33.1 Å². The summed E-state index contributed by atoms with van der Waals surface area (Å²) in [7, 11) is 0. The molecule has 5 N–H and O–H groups in total. The first-order valence-electron chi connectivity index (χ1n) is 21.7. The fourth-order valence-corrected chi connectivity index (χ4v) is 5.22. The van der Waals surface area contributed by atoms with Crippen LogP contribution >= 0.6 is 0 Å². The molecule has 1 aromatic carbocycles. The van der Waals surface area contributed by atoms with E-state index in [1.165, 1.54) is 6.92 Å². The van der Waals surface area contributed by atoms with Crippen molar-refractivity contribution >= 4 is 47.4 Å². The number of nitrogens with one attached hydrogen (secondary N) is 4. The van der Waals surface area contributed by atoms with E-state index in [-0.39, 0.29) is 116 Å². The first-order chi connectivity index (χ1) is 31.1. The molecule has 0 aliphatic heterocycles. The zero-order valence-corrected chi connectivity index (χ0v) is 39.6. The van der Waals surface area contributed by atoms with Crippen LogP contribution in [0.3, 0.4) is 0 Å². The highest BCUT2D eigenvalue weighted by molar-refractivity contribution is 6.02. The monoisotopic (exact) mass is 938 g/mol. The maximum atomic E-state index is 12.9. The first-order valence-corrected chi connectivity index (χ1v) is 21.7. The van der Waals surface area contributed by atoms with Crippen molar-refractivity contribution in [3.63, 3.8) is 0 Å². The van der Waals surface area contributed by atoms with Crippen LogP contribution in [0.1, 0.15) is 80.2 Å². The molecule has 1 unspecified atom stereocenters. The van der Waals surface area contributed by atoms with Gasteiger partial charge in [-0.2, -0.15) is 0 Å². The van der Waals surface area contributed by atoms with E-state index in [1.54, 1.807) is 66.7 Å². The second-order valence-corrected chi connectivity index (χ2v) is 16.5. The van der Waals surface area contributed by atoms with Gasteiger partial charge in [0.15, 0.2) is 5.75 Å². The van der Waals surface area contributed by atoms with E-state index in [9.17, 15) is 33.6 Å². The molecule has 66 heavy (non-hydrogen) atoms. The summed E-state index contributed by atoms with van der Waals surface area (Å²) in [5, 5.41) is 19.1. The van der Waals surface area contributed by atoms with Gasteiger partial charge in [0.25, 0.3) is 11.8 Å². The third-order valence-electron chi connectivity index (χ3n) is 8.00. The zero-order valence-electron chi connectivity index (χ0n) is 39.6. The maximum absolute atomic E-state index is 12.9. The van der Waals surface area contributed by atoms with Gasteiger partial charge >= 0.3 is 24.0 Å². The van der Waals surface area contributed by atoms with E-state index in [0.29, 0.717) is 18.8 Å². The minimum atomic E-state index is -0.927. The van der Waals surface area contributed by atoms with Crippen LogP contribution < -0.4 is 26.0 Å². The van der Waals surface area contributed by atoms with Gasteiger partial charge in [-0.25, -0.2) is 4.79 Å². The fraction of sp³-hybridized carbons (Fsp3) is 0.667. The lowest BCUT2D eigenvalue weighted by Gasteiger charge is -2.27. The Morgan fingerprint density at radius 1 is 0.652 bits per heavy atom. The molecule has 372 valence electrons. The van der Waals surface area contributed by atoms with Gasteiger partial charge < -0.3 is 69.0 Å². The molecule has 0 aliphatic carbocycles. The van der Waals surface area contributed by atoms with Gasteiger partial charge in [0.2, 0.25) is 5.91 Å². The normalized spacial score (nSPS) is 12.1. The predicted molar refractivity (Wildman–Crippen MR) is 238 cm³/mol. The Morgan fingerprint density at radius 3 is 1.59 bits per heavy atom. The Hall–Kier alpha value is -5.37. The van der Waals surface area contributed by atoms with Gasteiger partial charge in [0.1, 0.15) is 11.2 Å². The second-order valence-electron chi connectivity index (χ2n) is 16.5. The molecule has 0 aromatic heterocycles. The average Bonchev–Trinajstić information content (AvgIpc) is 3.20. The first kappa shape index (κ1) is 58.6. The van der Waals surface area contributed by atoms with E-state index in [4.69, 9.17) is 47.7 Å². The van der Waals surface area contributed by atoms with Crippen molar-refractivity contribution in [1.29, 1.82) is 0 Å². The van der Waals surface area contributed by atoms with Crippen molar-refractivity contribution in [3.05, 3.63) is 23.8 Å². The molecule has 0 radical (unpaired) electrons. The van der Waals surface area contributed by atoms with E-state index >= 15 is 0 Å². The van der Waals surface area contributed by atoms with Crippen LogP contribution in [0, 0.1) is 17.8 Å². The number of anilines is 1. The molecule has 4 amide bonds. The van der Waals surface area contributed by atoms with Gasteiger partial charge in [-0.1, -0.05) is 13.0 Å². The highest BCUT2D eigenvalue weighted by atomic mass is 16.6. The van der Waals surface area contributed by atoms with Crippen molar-refractivity contribution in [2.75, 3.05) is 97.7 Å². The number of benzene rings is 1. The minimum Gasteiger partial charge on any atom is -0.481 e. The van der Waals surface area contributed by atoms with Crippen molar-refractivity contribution in [1.82, 2.24) is 16.0 Å². The smallest absolute Gasteiger partial charge is 0.407 e. The molecule has 0 fully saturated rings. The second kappa shape index (κ2) is 33.2. The molecule has 21 nitrogen and oxygen atoms in total. The Balaban J connectivity index is 2.37. The lowest BCUT2D eigenvalue weighted by Crippen LogP contribution is -2.42. The number of rotatable bonds is 32. The molecule has 0 aliphatic rings. The number of aliphatic carboxylic acids is 1. The summed E-state index contributed by atoms with van der Waals surface area (Å²) < 4.78 is 48.4. The topological polar surface area (TPSA) is 271 Å². The zero-order chi connectivity index (χ0) is 49.4. The lowest BCUT2D eigenvalue weighted by molar-refractivity contribution is -0.159. The van der Waals surface area contributed by atoms with Crippen molar-refractivity contribution in [2.45, 2.75) is 98.3 Å². The van der Waals surface area contributed by atoms with Crippen molar-refractivity contribution in [3.8, 4) is 17.6 Å². The quantitative estimate of drug-likeness (QED) is 0.0301. The molecule has 1 rings (SSSR count). The molecular weight excluding hydrogens is 869 g/mol. The molecule has 2 atom stereocenters. The van der Waals surface area contributed by atoms with Gasteiger partial charge in [0, 0.05) is 37.9 Å². The standard InChI is InChI=1S/C45H70N4O17/c1-32(42(56)65-44(3,4)5)29-35(48-43(57)66-45(6,7)8)30-34-9-10-37(64-33(2)50)36(31-34)49-40(53)13-17-58-21-25-62-27-23-60-19-15-46-38(51)11-12-39(52)47-16-20-61-24-28-63-26-22-59-18-14-41(54)55/h9-10,31-32,35H,13-30H2,1-8H3,(H,46,51)(H,47,52)(H,48,57)(H,49,53)(H,54,55)/t32?,35-/m1/s1. The van der Waals surface area contributed by atoms with E-state index in [1.807, 2.05) is 0 Å². The molecule has 0 bridgehead atoms. The van der Waals surface area contributed by atoms with Gasteiger partial charge in [-0.3, -0.25) is 28.8 Å². The Morgan fingerprint density at radius 2 is 1.12 bits per heavy atom. The van der Waals surface area contributed by atoms with Gasteiger partial charge in [-0.15, -0.1) is 0 Å². The van der Waals surface area contributed by atoms with E-state index < -0.39 is 64.9 Å².